The lowest BCUT2D eigenvalue weighted by molar-refractivity contribution is 0.0944. The summed E-state index contributed by atoms with van der Waals surface area (Å²) in [4.78, 5) is 11.9. The van der Waals surface area contributed by atoms with Crippen LogP contribution < -0.4 is 21.1 Å². The number of aromatic nitrogens is 2. The van der Waals surface area contributed by atoms with Gasteiger partial charge in [-0.15, -0.1) is 0 Å². The predicted molar refractivity (Wildman–Crippen MR) is 113 cm³/mol. The minimum absolute atomic E-state index is 0.0211. The van der Waals surface area contributed by atoms with E-state index in [1.165, 1.54) is 0 Å². The maximum atomic E-state index is 11.9. The summed E-state index contributed by atoms with van der Waals surface area (Å²) in [6.45, 7) is 1.85. The number of benzene rings is 2. The van der Waals surface area contributed by atoms with Crippen molar-refractivity contribution in [3.63, 3.8) is 0 Å². The van der Waals surface area contributed by atoms with E-state index in [1.807, 2.05) is 42.5 Å². The molecule has 0 saturated carbocycles. The average Bonchev–Trinajstić information content (AvgIpc) is 3.14. The lowest BCUT2D eigenvalue weighted by atomic mass is 10.2. The Bertz CT molecular complexity index is 982. The van der Waals surface area contributed by atoms with Crippen LogP contribution >= 0.6 is 27.5 Å². The van der Waals surface area contributed by atoms with Gasteiger partial charge in [0.25, 0.3) is 5.91 Å². The Morgan fingerprint density at radius 1 is 1.17 bits per heavy atom. The van der Waals surface area contributed by atoms with Crippen molar-refractivity contribution < 1.29 is 14.2 Å². The quantitative estimate of drug-likeness (QED) is 0.403. The predicted octanol–water partition coefficient (Wildman–Crippen LogP) is 3.17. The summed E-state index contributed by atoms with van der Waals surface area (Å²) in [6.07, 6.45) is 0. The Hall–Kier alpha value is -2.62. The molecule has 0 aliphatic heterocycles. The lowest BCUT2D eigenvalue weighted by Crippen LogP contribution is -2.32. The second-order valence-corrected chi connectivity index (χ2v) is 7.39. The van der Waals surface area contributed by atoms with Gasteiger partial charge in [0.05, 0.1) is 0 Å². The van der Waals surface area contributed by atoms with Crippen LogP contribution in [-0.4, -0.2) is 29.3 Å². The van der Waals surface area contributed by atoms with Crippen LogP contribution in [0.25, 0.3) is 0 Å². The van der Waals surface area contributed by atoms with Crippen LogP contribution in [0.5, 0.6) is 5.75 Å². The first-order valence-electron chi connectivity index (χ1n) is 8.76. The van der Waals surface area contributed by atoms with Gasteiger partial charge in [0.1, 0.15) is 12.4 Å². The summed E-state index contributed by atoms with van der Waals surface area (Å²) in [7, 11) is 0. The van der Waals surface area contributed by atoms with Crippen molar-refractivity contribution in [3.05, 3.63) is 68.8 Å². The standard InChI is InChI=1S/C19H19BrClN5O3/c20-14-5-6-16(28-11-12-3-1-2-4-15(12)21)13(9-14)10-23-7-8-24-19(27)17-18(22)26-29-25-17/h1-6,9,23H,7-8,10-11H2,(H2,22,26)(H,24,27). The van der Waals surface area contributed by atoms with Gasteiger partial charge in [0.2, 0.25) is 11.5 Å². The maximum absolute atomic E-state index is 11.9. The van der Waals surface area contributed by atoms with Crippen molar-refractivity contribution in [2.75, 3.05) is 18.8 Å². The molecule has 0 bridgehead atoms. The Labute approximate surface area is 180 Å². The highest BCUT2D eigenvalue weighted by Gasteiger charge is 2.15. The molecule has 10 heteroatoms. The van der Waals surface area contributed by atoms with Gasteiger partial charge in [0, 0.05) is 40.3 Å². The van der Waals surface area contributed by atoms with Crippen LogP contribution in [0.2, 0.25) is 5.02 Å². The third-order valence-electron chi connectivity index (χ3n) is 4.00. The number of carbonyl (C=O) groups is 1. The zero-order valence-corrected chi connectivity index (χ0v) is 17.7. The smallest absolute Gasteiger partial charge is 0.277 e. The summed E-state index contributed by atoms with van der Waals surface area (Å²) in [5.41, 5.74) is 7.36. The number of nitrogens with two attached hydrogens (primary N) is 1. The molecule has 0 fully saturated rings. The van der Waals surface area contributed by atoms with Crippen LogP contribution in [-0.2, 0) is 13.2 Å². The van der Waals surface area contributed by atoms with Crippen LogP contribution in [0.15, 0.2) is 51.6 Å². The summed E-state index contributed by atoms with van der Waals surface area (Å²) in [6, 6.07) is 13.4. The zero-order chi connectivity index (χ0) is 20.6. The highest BCUT2D eigenvalue weighted by molar-refractivity contribution is 9.10. The molecular formula is C19H19BrClN5O3. The summed E-state index contributed by atoms with van der Waals surface area (Å²) in [5.74, 6) is 0.285. The fraction of sp³-hybridized carbons (Fsp3) is 0.211. The van der Waals surface area contributed by atoms with Gasteiger partial charge in [-0.1, -0.05) is 45.7 Å². The first kappa shape index (κ1) is 21.1. The average molecular weight is 481 g/mol. The van der Waals surface area contributed by atoms with Gasteiger partial charge in [-0.3, -0.25) is 4.79 Å². The van der Waals surface area contributed by atoms with Gasteiger partial charge in [0.15, 0.2) is 0 Å². The van der Waals surface area contributed by atoms with Gasteiger partial charge in [-0.05, 0) is 34.6 Å². The van der Waals surface area contributed by atoms with E-state index in [0.717, 1.165) is 21.3 Å². The molecule has 0 radical (unpaired) electrons. The Balaban J connectivity index is 1.50. The molecule has 2 aromatic carbocycles. The van der Waals surface area contributed by atoms with Crippen molar-refractivity contribution in [1.29, 1.82) is 0 Å². The number of nitrogen functional groups attached to an aromatic ring is 1. The minimum Gasteiger partial charge on any atom is -0.489 e. The van der Waals surface area contributed by atoms with Crippen LogP contribution in [0, 0.1) is 0 Å². The molecule has 1 aromatic heterocycles. The van der Waals surface area contributed by atoms with E-state index in [0.29, 0.717) is 31.3 Å². The van der Waals surface area contributed by atoms with Crippen molar-refractivity contribution >= 4 is 39.3 Å². The molecule has 0 unspecified atom stereocenters. The molecular weight excluding hydrogens is 462 g/mol. The fourth-order valence-electron chi connectivity index (χ4n) is 2.52. The van der Waals surface area contributed by atoms with E-state index in [2.05, 4.69) is 41.5 Å². The van der Waals surface area contributed by atoms with E-state index in [4.69, 9.17) is 22.1 Å². The van der Waals surface area contributed by atoms with Crippen molar-refractivity contribution in [2.24, 2.45) is 0 Å². The molecule has 4 N–H and O–H groups in total. The molecule has 0 atom stereocenters. The number of nitrogens with zero attached hydrogens (tertiary/aromatic N) is 2. The summed E-state index contributed by atoms with van der Waals surface area (Å²) >= 11 is 9.67. The van der Waals surface area contributed by atoms with Crippen LogP contribution in [0.3, 0.4) is 0 Å². The molecule has 29 heavy (non-hydrogen) atoms. The Morgan fingerprint density at radius 2 is 2.00 bits per heavy atom. The summed E-state index contributed by atoms with van der Waals surface area (Å²) < 4.78 is 11.3. The fourth-order valence-corrected chi connectivity index (χ4v) is 3.12. The minimum atomic E-state index is -0.434. The van der Waals surface area contributed by atoms with Crippen molar-refractivity contribution in [1.82, 2.24) is 20.9 Å². The molecule has 8 nitrogen and oxygen atoms in total. The number of nitrogens with one attached hydrogen (secondary N) is 2. The van der Waals surface area contributed by atoms with E-state index < -0.39 is 5.91 Å². The van der Waals surface area contributed by atoms with Gasteiger partial charge in [-0.25, -0.2) is 4.63 Å². The highest BCUT2D eigenvalue weighted by Crippen LogP contribution is 2.25. The maximum Gasteiger partial charge on any atom is 0.277 e. The second kappa shape index (κ2) is 10.2. The monoisotopic (exact) mass is 479 g/mol. The largest absolute Gasteiger partial charge is 0.489 e. The molecule has 3 rings (SSSR count). The van der Waals surface area contributed by atoms with Gasteiger partial charge < -0.3 is 21.1 Å². The molecule has 0 spiro atoms. The Kier molecular flexibility index (Phi) is 7.45. The van der Waals surface area contributed by atoms with E-state index >= 15 is 0 Å². The highest BCUT2D eigenvalue weighted by atomic mass is 79.9. The topological polar surface area (TPSA) is 115 Å². The normalized spacial score (nSPS) is 10.7. The molecule has 152 valence electrons. The van der Waals surface area contributed by atoms with Crippen molar-refractivity contribution in [2.45, 2.75) is 13.2 Å². The number of carbonyl (C=O) groups excluding carboxylic acids is 1. The molecule has 1 amide bonds. The first-order valence-corrected chi connectivity index (χ1v) is 9.93. The molecule has 3 aromatic rings. The Morgan fingerprint density at radius 3 is 2.76 bits per heavy atom. The number of hydrogen-bond acceptors (Lipinski definition) is 7. The molecule has 0 aliphatic carbocycles. The third-order valence-corrected chi connectivity index (χ3v) is 4.86. The number of anilines is 1. The van der Waals surface area contributed by atoms with E-state index in [1.54, 1.807) is 0 Å². The van der Waals surface area contributed by atoms with Crippen LogP contribution in [0.1, 0.15) is 21.6 Å². The second-order valence-electron chi connectivity index (χ2n) is 6.06. The number of amides is 1. The lowest BCUT2D eigenvalue weighted by Gasteiger charge is -2.14. The molecule has 0 saturated heterocycles. The van der Waals surface area contributed by atoms with Gasteiger partial charge in [-0.2, -0.15) is 0 Å². The number of halogens is 2. The third kappa shape index (κ3) is 5.93. The van der Waals surface area contributed by atoms with E-state index in [-0.39, 0.29) is 11.5 Å². The van der Waals surface area contributed by atoms with Crippen molar-refractivity contribution in [3.8, 4) is 5.75 Å². The van der Waals surface area contributed by atoms with Gasteiger partial charge >= 0.3 is 0 Å². The molecule has 0 aliphatic rings. The van der Waals surface area contributed by atoms with E-state index in [9.17, 15) is 4.79 Å². The SMILES string of the molecule is Nc1nonc1C(=O)NCCNCc1cc(Br)ccc1OCc1ccccc1Cl. The zero-order valence-electron chi connectivity index (χ0n) is 15.3. The number of rotatable bonds is 9. The number of ether oxygens (including phenoxy) is 1. The summed E-state index contributed by atoms with van der Waals surface area (Å²) in [5, 5.41) is 13.5. The van der Waals surface area contributed by atoms with Crippen LogP contribution in [0.4, 0.5) is 5.82 Å². The first-order chi connectivity index (χ1) is 14.0. The number of hydrogen-bond donors (Lipinski definition) is 3. The molecule has 1 heterocycles.